The van der Waals surface area contributed by atoms with Gasteiger partial charge in [0.1, 0.15) is 0 Å². The molecule has 0 saturated heterocycles. The number of thiophene rings is 1. The fraction of sp³-hybridized carbons (Fsp3) is 0.647. The van der Waals surface area contributed by atoms with Crippen LogP contribution in [0.1, 0.15) is 46.7 Å². The Bertz CT molecular complexity index is 622. The van der Waals surface area contributed by atoms with Crippen LogP contribution in [0.15, 0.2) is 12.1 Å². The van der Waals surface area contributed by atoms with Crippen molar-refractivity contribution in [2.24, 2.45) is 28.9 Å². The number of aryl methyl sites for hydroxylation is 1. The third-order valence-electron chi connectivity index (χ3n) is 6.06. The maximum absolute atomic E-state index is 12.5. The molecule has 4 nitrogen and oxygen atoms in total. The first-order valence-corrected chi connectivity index (χ1v) is 8.96. The SMILES string of the molecule is Cc1ccc(C(=O)NC2C3CC4CC2CC(C(N)=O)(C4)C3)s1. The van der Waals surface area contributed by atoms with Crippen molar-refractivity contribution in [3.8, 4) is 0 Å². The molecule has 1 aromatic rings. The van der Waals surface area contributed by atoms with Gasteiger partial charge >= 0.3 is 0 Å². The van der Waals surface area contributed by atoms with Crippen LogP contribution in [-0.2, 0) is 4.79 Å². The fourth-order valence-corrected chi connectivity index (χ4v) is 6.11. The largest absolute Gasteiger partial charge is 0.369 e. The summed E-state index contributed by atoms with van der Waals surface area (Å²) in [6, 6.07) is 4.11. The van der Waals surface area contributed by atoms with Crippen molar-refractivity contribution in [3.05, 3.63) is 21.9 Å². The smallest absolute Gasteiger partial charge is 0.261 e. The van der Waals surface area contributed by atoms with Crippen LogP contribution < -0.4 is 11.1 Å². The predicted octanol–water partition coefficient (Wildman–Crippen LogP) is 2.47. The molecule has 5 heteroatoms. The van der Waals surface area contributed by atoms with Crippen molar-refractivity contribution < 1.29 is 9.59 Å². The van der Waals surface area contributed by atoms with Gasteiger partial charge in [0.05, 0.1) is 4.88 Å². The zero-order valence-corrected chi connectivity index (χ0v) is 13.6. The normalized spacial score (nSPS) is 39.0. The van der Waals surface area contributed by atoms with Crippen LogP contribution in [0.5, 0.6) is 0 Å². The molecule has 118 valence electrons. The number of hydrogen-bond donors (Lipinski definition) is 2. The van der Waals surface area contributed by atoms with Crippen molar-refractivity contribution in [2.45, 2.75) is 45.1 Å². The van der Waals surface area contributed by atoms with E-state index >= 15 is 0 Å². The minimum atomic E-state index is -0.281. The highest BCUT2D eigenvalue weighted by Gasteiger charge is 2.58. The molecule has 2 amide bonds. The number of amides is 2. The Morgan fingerprint density at radius 3 is 2.45 bits per heavy atom. The highest BCUT2D eigenvalue weighted by Crippen LogP contribution is 2.59. The number of carbonyl (C=O) groups is 2. The van der Waals surface area contributed by atoms with E-state index < -0.39 is 0 Å². The van der Waals surface area contributed by atoms with Gasteiger partial charge in [-0.15, -0.1) is 11.3 Å². The van der Waals surface area contributed by atoms with Crippen LogP contribution in [0.2, 0.25) is 0 Å². The van der Waals surface area contributed by atoms with Gasteiger partial charge in [-0.1, -0.05) is 0 Å². The second kappa shape index (κ2) is 4.82. The summed E-state index contributed by atoms with van der Waals surface area (Å²) < 4.78 is 0. The number of nitrogens with two attached hydrogens (primary N) is 1. The van der Waals surface area contributed by atoms with E-state index in [0.717, 1.165) is 41.9 Å². The Kier molecular flexibility index (Phi) is 3.12. The van der Waals surface area contributed by atoms with Crippen molar-refractivity contribution >= 4 is 23.2 Å². The van der Waals surface area contributed by atoms with Gasteiger partial charge in [0.25, 0.3) is 5.91 Å². The number of rotatable bonds is 3. The standard InChI is InChI=1S/C17H22N2O2S/c1-9-2-3-13(22-9)15(20)19-14-11-4-10-5-12(14)8-17(6-10,7-11)16(18)21/h2-3,10-12,14H,4-8H2,1H3,(H2,18,21)(H,19,20). The number of carbonyl (C=O) groups excluding carboxylic acids is 2. The summed E-state index contributed by atoms with van der Waals surface area (Å²) in [6.45, 7) is 2.01. The predicted molar refractivity (Wildman–Crippen MR) is 85.5 cm³/mol. The van der Waals surface area contributed by atoms with Crippen molar-refractivity contribution in [1.29, 1.82) is 0 Å². The summed E-state index contributed by atoms with van der Waals surface area (Å²) in [5.41, 5.74) is 5.43. The first-order valence-electron chi connectivity index (χ1n) is 8.14. The Morgan fingerprint density at radius 1 is 1.23 bits per heavy atom. The lowest BCUT2D eigenvalue weighted by molar-refractivity contribution is -0.145. The van der Waals surface area contributed by atoms with Crippen LogP contribution >= 0.6 is 11.3 Å². The van der Waals surface area contributed by atoms with Gasteiger partial charge in [0, 0.05) is 16.3 Å². The molecule has 2 atom stereocenters. The average molecular weight is 318 g/mol. The molecule has 0 aliphatic heterocycles. The molecule has 4 aliphatic carbocycles. The second-order valence-electron chi connectivity index (χ2n) is 7.52. The van der Waals surface area contributed by atoms with Gasteiger partial charge in [0.15, 0.2) is 0 Å². The molecule has 1 aromatic heterocycles. The molecule has 4 saturated carbocycles. The minimum Gasteiger partial charge on any atom is -0.369 e. The van der Waals surface area contributed by atoms with E-state index in [0.29, 0.717) is 17.8 Å². The van der Waals surface area contributed by atoms with Gasteiger partial charge in [-0.05, 0) is 68.9 Å². The quantitative estimate of drug-likeness (QED) is 0.898. The fourth-order valence-electron chi connectivity index (χ4n) is 5.34. The van der Waals surface area contributed by atoms with Gasteiger partial charge in [0.2, 0.25) is 5.91 Å². The number of nitrogens with one attached hydrogen (secondary N) is 1. The molecule has 3 N–H and O–H groups in total. The molecule has 4 bridgehead atoms. The van der Waals surface area contributed by atoms with E-state index in [-0.39, 0.29) is 23.3 Å². The molecular weight excluding hydrogens is 296 g/mol. The number of hydrogen-bond acceptors (Lipinski definition) is 3. The van der Waals surface area contributed by atoms with E-state index in [1.807, 2.05) is 19.1 Å². The third kappa shape index (κ3) is 2.09. The second-order valence-corrected chi connectivity index (χ2v) is 8.81. The van der Waals surface area contributed by atoms with Crippen LogP contribution in [0.3, 0.4) is 0 Å². The summed E-state index contributed by atoms with van der Waals surface area (Å²) in [7, 11) is 0. The summed E-state index contributed by atoms with van der Waals surface area (Å²) in [5, 5.41) is 3.27. The van der Waals surface area contributed by atoms with Crippen LogP contribution in [0, 0.1) is 30.1 Å². The van der Waals surface area contributed by atoms with Gasteiger partial charge in [-0.3, -0.25) is 9.59 Å². The Balaban J connectivity index is 1.53. The molecular formula is C17H22N2O2S. The summed E-state index contributed by atoms with van der Waals surface area (Å²) in [4.78, 5) is 26.4. The van der Waals surface area contributed by atoms with Gasteiger partial charge in [-0.25, -0.2) is 0 Å². The average Bonchev–Trinajstić information content (AvgIpc) is 2.88. The first-order chi connectivity index (χ1) is 10.5. The molecule has 0 radical (unpaired) electrons. The monoisotopic (exact) mass is 318 g/mol. The molecule has 4 aliphatic rings. The molecule has 22 heavy (non-hydrogen) atoms. The molecule has 5 rings (SSSR count). The Labute approximate surface area is 134 Å². The van der Waals surface area contributed by atoms with Crippen LogP contribution in [0.4, 0.5) is 0 Å². The maximum Gasteiger partial charge on any atom is 0.261 e. The lowest BCUT2D eigenvalue weighted by atomic mass is 9.47. The highest BCUT2D eigenvalue weighted by atomic mass is 32.1. The first kappa shape index (κ1) is 14.2. The topological polar surface area (TPSA) is 72.2 Å². The molecule has 2 unspecified atom stereocenters. The summed E-state index contributed by atoms with van der Waals surface area (Å²) in [6.07, 6.45) is 4.98. The lowest BCUT2D eigenvalue weighted by Gasteiger charge is -2.58. The van der Waals surface area contributed by atoms with Crippen LogP contribution in [-0.4, -0.2) is 17.9 Å². The van der Waals surface area contributed by atoms with Gasteiger partial charge < -0.3 is 11.1 Å². The number of primary amides is 1. The summed E-state index contributed by atoms with van der Waals surface area (Å²) in [5.74, 6) is 1.39. The van der Waals surface area contributed by atoms with Crippen molar-refractivity contribution in [2.75, 3.05) is 0 Å². The summed E-state index contributed by atoms with van der Waals surface area (Å²) >= 11 is 1.54. The zero-order valence-electron chi connectivity index (χ0n) is 12.8. The van der Waals surface area contributed by atoms with E-state index in [2.05, 4.69) is 5.32 Å². The van der Waals surface area contributed by atoms with Crippen molar-refractivity contribution in [1.82, 2.24) is 5.32 Å². The van der Waals surface area contributed by atoms with Crippen LogP contribution in [0.25, 0.3) is 0 Å². The molecule has 1 heterocycles. The third-order valence-corrected chi connectivity index (χ3v) is 7.06. The highest BCUT2D eigenvalue weighted by molar-refractivity contribution is 7.13. The molecule has 0 spiro atoms. The van der Waals surface area contributed by atoms with E-state index in [4.69, 9.17) is 5.73 Å². The van der Waals surface area contributed by atoms with E-state index in [1.54, 1.807) is 0 Å². The molecule has 0 aromatic carbocycles. The minimum absolute atomic E-state index is 0.0451. The van der Waals surface area contributed by atoms with Gasteiger partial charge in [-0.2, -0.15) is 0 Å². The Morgan fingerprint density at radius 2 is 1.91 bits per heavy atom. The lowest BCUT2D eigenvalue weighted by Crippen LogP contribution is -2.62. The Hall–Kier alpha value is -1.36. The van der Waals surface area contributed by atoms with Crippen molar-refractivity contribution in [3.63, 3.8) is 0 Å². The maximum atomic E-state index is 12.5. The van der Waals surface area contributed by atoms with E-state index in [1.165, 1.54) is 11.3 Å². The molecule has 4 fully saturated rings. The van der Waals surface area contributed by atoms with E-state index in [9.17, 15) is 9.59 Å². The zero-order chi connectivity index (χ0) is 15.5.